The maximum Gasteiger partial charge on any atom is 4.00 e. The molecule has 2 heterocycles. The predicted molar refractivity (Wildman–Crippen MR) is 302 cm³/mol. The predicted octanol–water partition coefficient (Wildman–Crippen LogP) is 16.2. The number of thioether (sulfide) groups is 2. The van der Waals surface area contributed by atoms with Gasteiger partial charge >= 0.3 is 43.4 Å². The van der Waals surface area contributed by atoms with E-state index in [9.17, 15) is 4.39 Å². The molecule has 5 aromatic carbocycles. The molecule has 0 bridgehead atoms. The van der Waals surface area contributed by atoms with Crippen LogP contribution >= 0.6 is 23.5 Å². The summed E-state index contributed by atoms with van der Waals surface area (Å²) >= 11 is 4.21. The maximum absolute atomic E-state index is 13.7. The van der Waals surface area contributed by atoms with Gasteiger partial charge in [-0.25, -0.2) is 4.39 Å². The molecular formula is C59H83FN2S2Si2Ti2. The van der Waals surface area contributed by atoms with Crippen molar-refractivity contribution in [3.8, 4) is 0 Å². The summed E-state index contributed by atoms with van der Waals surface area (Å²) in [5, 5.41) is 5.33. The van der Waals surface area contributed by atoms with Gasteiger partial charge in [-0.05, 0) is 90.2 Å². The zero-order valence-electron chi connectivity index (χ0n) is 44.6. The van der Waals surface area contributed by atoms with Crippen LogP contribution in [0.5, 0.6) is 0 Å². The largest absolute Gasteiger partial charge is 4.00 e. The molecule has 9 rings (SSSR count). The van der Waals surface area contributed by atoms with E-state index in [4.69, 9.17) is 9.96 Å². The third-order valence-electron chi connectivity index (χ3n) is 14.5. The Bertz CT molecular complexity index is 2230. The summed E-state index contributed by atoms with van der Waals surface area (Å²) in [6.07, 6.45) is 0. The summed E-state index contributed by atoms with van der Waals surface area (Å²) in [5.41, 5.74) is 3.98. The number of benzene rings is 5. The Hall–Kier alpha value is -1.49. The monoisotopic (exact) mass is 1050 g/mol. The number of nitrogens with zero attached hydrogens (tertiary/aromatic N) is 2. The molecule has 9 heteroatoms. The number of fused-ring (bicyclic) bond motifs is 6. The molecule has 11 unspecified atom stereocenters. The molecule has 0 N–H and O–H groups in total. The van der Waals surface area contributed by atoms with Crippen LogP contribution in [0.2, 0.25) is 17.6 Å². The molecule has 0 radical (unpaired) electrons. The molecule has 11 atom stereocenters. The fourth-order valence-electron chi connectivity index (χ4n) is 12.1. The van der Waals surface area contributed by atoms with Crippen LogP contribution in [-0.2, 0) is 43.4 Å². The molecule has 364 valence electrons. The van der Waals surface area contributed by atoms with Crippen LogP contribution in [0, 0.1) is 74.0 Å². The molecule has 2 aliphatic carbocycles. The van der Waals surface area contributed by atoms with Crippen molar-refractivity contribution in [1.82, 2.24) is 0 Å². The first-order chi connectivity index (χ1) is 28.4. The van der Waals surface area contributed by atoms with Gasteiger partial charge in [0.2, 0.25) is 0 Å². The summed E-state index contributed by atoms with van der Waals surface area (Å²) in [5.74, 6) is 3.55. The minimum atomic E-state index is -2.48. The summed E-state index contributed by atoms with van der Waals surface area (Å²) in [6.45, 7) is 25.8. The molecule has 2 saturated carbocycles. The Morgan fingerprint density at radius 2 is 0.794 bits per heavy atom. The molecule has 2 fully saturated rings. The van der Waals surface area contributed by atoms with Crippen LogP contribution < -0.4 is 15.6 Å². The Morgan fingerprint density at radius 3 is 1.19 bits per heavy atom. The average Bonchev–Trinajstić information content (AvgIpc) is 3.91. The molecule has 4 aliphatic rings. The Morgan fingerprint density at radius 1 is 0.441 bits per heavy atom. The molecule has 5 aromatic rings. The maximum atomic E-state index is 13.7. The number of hydrogen-bond acceptors (Lipinski definition) is 2. The summed E-state index contributed by atoms with van der Waals surface area (Å²) in [7, 11) is -4.72. The van der Waals surface area contributed by atoms with E-state index in [0.29, 0.717) is 57.1 Å². The molecule has 2 aliphatic heterocycles. The Balaban J connectivity index is 0.00000119. The minimum absolute atomic E-state index is 0. The standard InChI is InChI=1S/C29H34NSSi.C24H31FNSSi.6CH3.2Ti/c1-20-21(2)28(27-26(20)24-18-12-13-19-25(24)31-27)32(30-29(3,4)5,22-14-8-6-9-15-22)23-16-10-7-11-17-23;1-15-16(2)23(22-21(15)19-9-7-8-10-20(19)27-22)28(6,26-24(3,4)5)18-13-11-17(25)12-14-18;;;;;;;;/h6-21,26-28H,1-5H3;7-16,21-23H,1-6H3;6*1H3;;/q8*-1;2*+4. The van der Waals surface area contributed by atoms with E-state index in [-0.39, 0.29) is 105 Å². The van der Waals surface area contributed by atoms with Crippen molar-refractivity contribution in [1.29, 1.82) is 0 Å². The Kier molecular flexibility index (Phi) is 25.4. The zero-order chi connectivity index (χ0) is 42.8. The number of halogens is 1. The average molecular weight is 1060 g/mol. The van der Waals surface area contributed by atoms with Gasteiger partial charge in [-0.3, -0.25) is 0 Å². The van der Waals surface area contributed by atoms with Crippen molar-refractivity contribution < 1.29 is 47.8 Å². The van der Waals surface area contributed by atoms with Crippen LogP contribution in [0.25, 0.3) is 9.96 Å². The fraction of sp³-hybridized carbons (Fsp3) is 0.390. The van der Waals surface area contributed by atoms with Crippen molar-refractivity contribution in [2.24, 2.45) is 23.7 Å². The van der Waals surface area contributed by atoms with Crippen LogP contribution in [0.4, 0.5) is 4.39 Å². The normalized spacial score (nSPS) is 25.7. The summed E-state index contributed by atoms with van der Waals surface area (Å²) < 4.78 is 13.7. The Labute approximate surface area is 458 Å². The van der Waals surface area contributed by atoms with Crippen LogP contribution in [0.3, 0.4) is 0 Å². The number of hydrogen-bond donors (Lipinski definition) is 0. The van der Waals surface area contributed by atoms with E-state index >= 15 is 0 Å². The third kappa shape index (κ3) is 12.5. The van der Waals surface area contributed by atoms with E-state index in [2.05, 4.69) is 209 Å². The zero-order valence-corrected chi connectivity index (χ0v) is 51.3. The van der Waals surface area contributed by atoms with Gasteiger partial charge < -0.3 is 54.5 Å². The SMILES string of the molecule is CC1C(C)C([Si](C)([N-]C(C)(C)C)c2ccc(F)cc2)C2Sc3ccccc3C12.CC1C(C)C([Si]([N-]C(C)(C)C)(c2ccccc2)c2ccccc2)C2Sc3ccccc3C12.[CH3-].[CH3-].[CH3-].[CH3-].[CH3-].[CH3-].[Ti+4].[Ti+4]. The van der Waals surface area contributed by atoms with E-state index in [1.165, 1.54) is 30.9 Å². The molecule has 0 saturated heterocycles. The summed E-state index contributed by atoms with van der Waals surface area (Å²) in [6, 6.07) is 48.0. The first kappa shape index (κ1) is 66.5. The fourth-order valence-corrected chi connectivity index (χ4v) is 28.2. The van der Waals surface area contributed by atoms with Gasteiger partial charge in [-0.2, -0.15) is 0 Å². The van der Waals surface area contributed by atoms with E-state index < -0.39 is 16.5 Å². The van der Waals surface area contributed by atoms with Crippen molar-refractivity contribution in [3.05, 3.63) is 205 Å². The van der Waals surface area contributed by atoms with Crippen molar-refractivity contribution >= 4 is 55.6 Å². The molecule has 2 nitrogen and oxygen atoms in total. The summed E-state index contributed by atoms with van der Waals surface area (Å²) in [4.78, 5) is 14.4. The van der Waals surface area contributed by atoms with E-state index in [1.54, 1.807) is 17.7 Å². The van der Waals surface area contributed by atoms with Crippen molar-refractivity contribution in [2.75, 3.05) is 0 Å². The topological polar surface area (TPSA) is 28.2 Å². The minimum Gasteiger partial charge on any atom is -0.656 e. The van der Waals surface area contributed by atoms with Crippen molar-refractivity contribution in [2.45, 2.75) is 130 Å². The number of rotatable bonds is 7. The smallest absolute Gasteiger partial charge is 0.656 e. The first-order valence-electron chi connectivity index (χ1n) is 22.3. The second-order valence-corrected chi connectivity index (χ2v) is 30.3. The second-order valence-electron chi connectivity index (χ2n) is 20.5. The molecule has 0 amide bonds. The van der Waals surface area contributed by atoms with Gasteiger partial charge in [0, 0.05) is 28.5 Å². The second kappa shape index (κ2) is 25.9. The first-order valence-corrected chi connectivity index (χ1v) is 28.6. The van der Waals surface area contributed by atoms with Crippen LogP contribution in [0.1, 0.15) is 92.2 Å². The van der Waals surface area contributed by atoms with Gasteiger partial charge in [0.15, 0.2) is 0 Å². The molecule has 0 aromatic heterocycles. The van der Waals surface area contributed by atoms with E-state index in [0.717, 1.165) is 0 Å². The van der Waals surface area contributed by atoms with Crippen molar-refractivity contribution in [3.63, 3.8) is 0 Å². The molecule has 68 heavy (non-hydrogen) atoms. The van der Waals surface area contributed by atoms with Crippen LogP contribution in [0.15, 0.2) is 143 Å². The van der Waals surface area contributed by atoms with Crippen LogP contribution in [-0.4, -0.2) is 38.0 Å². The van der Waals surface area contributed by atoms with Gasteiger partial charge in [0.25, 0.3) is 0 Å². The van der Waals surface area contributed by atoms with Gasteiger partial charge in [-0.15, -0.1) is 34.6 Å². The van der Waals surface area contributed by atoms with Gasteiger partial charge in [-0.1, -0.05) is 201 Å². The quantitative estimate of drug-likeness (QED) is 0.120. The molecular weight excluding hydrogens is 972 g/mol. The molecule has 0 spiro atoms. The third-order valence-corrected chi connectivity index (χ3v) is 28.1. The van der Waals surface area contributed by atoms with Gasteiger partial charge in [0.05, 0.1) is 0 Å². The van der Waals surface area contributed by atoms with E-state index in [1.807, 2.05) is 12.1 Å². The van der Waals surface area contributed by atoms with Gasteiger partial charge in [0.1, 0.15) is 5.82 Å².